The first kappa shape index (κ1) is 21.2. The number of rotatable bonds is 7. The van der Waals surface area contributed by atoms with Gasteiger partial charge in [0.15, 0.2) is 6.61 Å². The lowest BCUT2D eigenvalue weighted by atomic mass is 9.92. The van der Waals surface area contributed by atoms with E-state index in [1.54, 1.807) is 4.90 Å². The van der Waals surface area contributed by atoms with E-state index in [0.717, 1.165) is 6.42 Å². The lowest BCUT2D eigenvalue weighted by Gasteiger charge is -2.34. The summed E-state index contributed by atoms with van der Waals surface area (Å²) in [6.07, 6.45) is 0.940. The number of hydrogen-bond acceptors (Lipinski definition) is 4. The minimum absolute atomic E-state index is 0.0265. The Labute approximate surface area is 160 Å². The van der Waals surface area contributed by atoms with Crippen molar-refractivity contribution in [2.75, 3.05) is 45.9 Å². The third-order valence-corrected chi connectivity index (χ3v) is 4.47. The zero-order chi connectivity index (χ0) is 19.9. The Hall–Kier alpha value is -2.15. The summed E-state index contributed by atoms with van der Waals surface area (Å²) < 4.78 is 18.3. The van der Waals surface area contributed by atoms with Crippen LogP contribution in [0.25, 0.3) is 0 Å². The van der Waals surface area contributed by atoms with Crippen molar-refractivity contribution in [1.82, 2.24) is 15.1 Å². The molecule has 0 atom stereocenters. The maximum absolute atomic E-state index is 12.9. The molecule has 1 aliphatic rings. The van der Waals surface area contributed by atoms with Gasteiger partial charge < -0.3 is 15.0 Å². The third-order valence-electron chi connectivity index (χ3n) is 4.47. The first-order chi connectivity index (χ1) is 12.7. The van der Waals surface area contributed by atoms with Gasteiger partial charge in [-0.3, -0.25) is 14.5 Å². The molecule has 2 amide bonds. The van der Waals surface area contributed by atoms with E-state index in [4.69, 9.17) is 4.74 Å². The van der Waals surface area contributed by atoms with E-state index in [0.29, 0.717) is 45.0 Å². The van der Waals surface area contributed by atoms with Crippen LogP contribution in [0.15, 0.2) is 24.3 Å². The zero-order valence-electron chi connectivity index (χ0n) is 16.5. The number of carbonyl (C=O) groups excluding carboxylic acids is 2. The number of piperazine rings is 1. The Morgan fingerprint density at radius 1 is 1.11 bits per heavy atom. The predicted molar refractivity (Wildman–Crippen MR) is 102 cm³/mol. The Kier molecular flexibility index (Phi) is 7.59. The monoisotopic (exact) mass is 379 g/mol. The molecule has 7 heteroatoms. The highest BCUT2D eigenvalue weighted by atomic mass is 19.1. The summed E-state index contributed by atoms with van der Waals surface area (Å²) in [5.74, 6) is 0.0508. The smallest absolute Gasteiger partial charge is 0.260 e. The molecule has 0 aliphatic carbocycles. The summed E-state index contributed by atoms with van der Waals surface area (Å²) >= 11 is 0. The van der Waals surface area contributed by atoms with E-state index in [9.17, 15) is 14.0 Å². The Morgan fingerprint density at radius 2 is 1.74 bits per heavy atom. The first-order valence-corrected chi connectivity index (χ1v) is 9.38. The summed E-state index contributed by atoms with van der Waals surface area (Å²) in [6.45, 7) is 9.88. The number of nitrogens with one attached hydrogen (secondary N) is 1. The van der Waals surface area contributed by atoms with E-state index >= 15 is 0 Å². The second-order valence-corrected chi connectivity index (χ2v) is 8.06. The highest BCUT2D eigenvalue weighted by Crippen LogP contribution is 2.17. The van der Waals surface area contributed by atoms with Crippen molar-refractivity contribution < 1.29 is 18.7 Å². The molecular weight excluding hydrogens is 349 g/mol. The highest BCUT2D eigenvalue weighted by molar-refractivity contribution is 5.79. The van der Waals surface area contributed by atoms with Gasteiger partial charge in [-0.1, -0.05) is 20.8 Å². The summed E-state index contributed by atoms with van der Waals surface area (Å²) in [5.41, 5.74) is 0.204. The van der Waals surface area contributed by atoms with Gasteiger partial charge in [0.2, 0.25) is 5.91 Å². The van der Waals surface area contributed by atoms with Crippen molar-refractivity contribution in [2.24, 2.45) is 5.41 Å². The van der Waals surface area contributed by atoms with Gasteiger partial charge in [-0.25, -0.2) is 4.39 Å². The van der Waals surface area contributed by atoms with Crippen LogP contribution in [0, 0.1) is 11.2 Å². The Morgan fingerprint density at radius 3 is 2.33 bits per heavy atom. The molecule has 1 aromatic carbocycles. The second kappa shape index (κ2) is 9.69. The quantitative estimate of drug-likeness (QED) is 0.786. The molecular formula is C20H30FN3O3. The molecule has 0 unspecified atom stereocenters. The maximum atomic E-state index is 12.9. The van der Waals surface area contributed by atoms with E-state index in [1.165, 1.54) is 24.3 Å². The van der Waals surface area contributed by atoms with Gasteiger partial charge in [-0.2, -0.15) is 0 Å². The van der Waals surface area contributed by atoms with Crippen molar-refractivity contribution >= 4 is 11.8 Å². The number of halogens is 1. The minimum atomic E-state index is -0.341. The molecule has 0 bridgehead atoms. The standard InChI is InChI=1S/C20H30FN3O3/c1-20(2,3)8-9-22-18(25)14-23-10-12-24(13-11-23)19(26)15-27-17-6-4-16(21)5-7-17/h4-7H,8-15H2,1-3H3,(H,22,25). The van der Waals surface area contributed by atoms with E-state index in [1.807, 2.05) is 0 Å². The Balaban J connectivity index is 1.64. The number of benzene rings is 1. The summed E-state index contributed by atoms with van der Waals surface area (Å²) in [6, 6.07) is 5.59. The first-order valence-electron chi connectivity index (χ1n) is 9.38. The Bertz CT molecular complexity index is 620. The molecule has 1 fully saturated rings. The minimum Gasteiger partial charge on any atom is -0.484 e. The normalized spacial score (nSPS) is 15.5. The molecule has 6 nitrogen and oxygen atoms in total. The molecule has 2 rings (SSSR count). The average Bonchev–Trinajstić information content (AvgIpc) is 2.60. The number of nitrogens with zero attached hydrogens (tertiary/aromatic N) is 2. The number of amides is 2. The van der Waals surface area contributed by atoms with Crippen molar-refractivity contribution in [1.29, 1.82) is 0 Å². The van der Waals surface area contributed by atoms with E-state index in [2.05, 4.69) is 31.0 Å². The van der Waals surface area contributed by atoms with Crippen molar-refractivity contribution in [3.63, 3.8) is 0 Å². The summed E-state index contributed by atoms with van der Waals surface area (Å²) in [7, 11) is 0. The molecule has 0 spiro atoms. The van der Waals surface area contributed by atoms with Gasteiger partial charge in [-0.15, -0.1) is 0 Å². The van der Waals surface area contributed by atoms with Crippen LogP contribution < -0.4 is 10.1 Å². The van der Waals surface area contributed by atoms with Crippen LogP contribution in [0.3, 0.4) is 0 Å². The van der Waals surface area contributed by atoms with Crippen LogP contribution >= 0.6 is 0 Å². The van der Waals surface area contributed by atoms with Gasteiger partial charge in [0.05, 0.1) is 6.54 Å². The number of ether oxygens (including phenoxy) is 1. The van der Waals surface area contributed by atoms with Crippen LogP contribution in [0.1, 0.15) is 27.2 Å². The van der Waals surface area contributed by atoms with Crippen LogP contribution in [0.2, 0.25) is 0 Å². The topological polar surface area (TPSA) is 61.9 Å². The average molecular weight is 379 g/mol. The molecule has 27 heavy (non-hydrogen) atoms. The van der Waals surface area contributed by atoms with Crippen LogP contribution in [0.4, 0.5) is 4.39 Å². The van der Waals surface area contributed by atoms with Gasteiger partial charge >= 0.3 is 0 Å². The molecule has 150 valence electrons. The predicted octanol–water partition coefficient (Wildman–Crippen LogP) is 1.90. The van der Waals surface area contributed by atoms with E-state index < -0.39 is 0 Å². The zero-order valence-corrected chi connectivity index (χ0v) is 16.5. The molecule has 0 aromatic heterocycles. The molecule has 1 N–H and O–H groups in total. The van der Waals surface area contributed by atoms with Crippen LogP contribution in [-0.2, 0) is 9.59 Å². The van der Waals surface area contributed by atoms with Crippen LogP contribution in [-0.4, -0.2) is 67.5 Å². The van der Waals surface area contributed by atoms with Crippen LogP contribution in [0.5, 0.6) is 5.75 Å². The fourth-order valence-electron chi connectivity index (χ4n) is 2.76. The van der Waals surface area contributed by atoms with Crippen molar-refractivity contribution in [2.45, 2.75) is 27.2 Å². The van der Waals surface area contributed by atoms with Gasteiger partial charge in [-0.05, 0) is 36.1 Å². The van der Waals surface area contributed by atoms with Gasteiger partial charge in [0.25, 0.3) is 5.91 Å². The summed E-state index contributed by atoms with van der Waals surface area (Å²) in [5, 5.41) is 2.96. The van der Waals surface area contributed by atoms with Crippen molar-refractivity contribution in [3.8, 4) is 5.75 Å². The SMILES string of the molecule is CC(C)(C)CCNC(=O)CN1CCN(C(=O)COc2ccc(F)cc2)CC1. The number of hydrogen-bond donors (Lipinski definition) is 1. The third kappa shape index (κ3) is 7.95. The molecule has 1 saturated heterocycles. The van der Waals surface area contributed by atoms with Gasteiger partial charge in [0, 0.05) is 32.7 Å². The number of carbonyl (C=O) groups is 2. The largest absolute Gasteiger partial charge is 0.484 e. The molecule has 1 aliphatic heterocycles. The fraction of sp³-hybridized carbons (Fsp3) is 0.600. The van der Waals surface area contributed by atoms with E-state index in [-0.39, 0.29) is 29.7 Å². The lowest BCUT2D eigenvalue weighted by molar-refractivity contribution is -0.135. The second-order valence-electron chi connectivity index (χ2n) is 8.06. The molecule has 0 saturated carbocycles. The van der Waals surface area contributed by atoms with Gasteiger partial charge in [0.1, 0.15) is 11.6 Å². The lowest BCUT2D eigenvalue weighted by Crippen LogP contribution is -2.52. The maximum Gasteiger partial charge on any atom is 0.260 e. The highest BCUT2D eigenvalue weighted by Gasteiger charge is 2.22. The molecule has 0 radical (unpaired) electrons. The summed E-state index contributed by atoms with van der Waals surface area (Å²) in [4.78, 5) is 28.0. The fourth-order valence-corrected chi connectivity index (χ4v) is 2.76. The molecule has 1 aromatic rings. The van der Waals surface area contributed by atoms with Crippen molar-refractivity contribution in [3.05, 3.63) is 30.1 Å². The molecule has 1 heterocycles.